The Bertz CT molecular complexity index is 1760. The van der Waals surface area contributed by atoms with Crippen LogP contribution in [-0.4, -0.2) is 43.8 Å². The van der Waals surface area contributed by atoms with Crippen LogP contribution in [0, 0.1) is 13.8 Å². The van der Waals surface area contributed by atoms with Gasteiger partial charge in [-0.25, -0.2) is 8.42 Å². The predicted octanol–water partition coefficient (Wildman–Crippen LogP) is 6.85. The molecule has 0 aliphatic heterocycles. The first-order valence-corrected chi connectivity index (χ1v) is 17.5. The van der Waals surface area contributed by atoms with Crippen molar-refractivity contribution in [3.05, 3.63) is 130 Å². The number of carbonyl (C=O) groups is 2. The van der Waals surface area contributed by atoms with Gasteiger partial charge >= 0.3 is 0 Å². The van der Waals surface area contributed by atoms with Crippen LogP contribution in [0.1, 0.15) is 47.9 Å². The molecule has 1 N–H and O–H groups in total. The van der Waals surface area contributed by atoms with Crippen LogP contribution in [0.15, 0.2) is 108 Å². The minimum Gasteiger partial charge on any atom is -0.352 e. The van der Waals surface area contributed by atoms with Gasteiger partial charge in [0.25, 0.3) is 10.0 Å². The fourth-order valence-electron chi connectivity index (χ4n) is 6.05. The first kappa shape index (κ1) is 33.2. The monoisotopic (exact) mass is 657 g/mol. The van der Waals surface area contributed by atoms with E-state index >= 15 is 0 Å². The van der Waals surface area contributed by atoms with Crippen molar-refractivity contribution in [2.24, 2.45) is 0 Å². The summed E-state index contributed by atoms with van der Waals surface area (Å²) in [5.41, 5.74) is 3.62. The lowest BCUT2D eigenvalue weighted by atomic mass is 10.0. The highest BCUT2D eigenvalue weighted by Crippen LogP contribution is 2.29. The second kappa shape index (κ2) is 15.0. The fourth-order valence-corrected chi connectivity index (χ4v) is 7.75. The highest BCUT2D eigenvalue weighted by Gasteiger charge is 2.36. The molecule has 1 atom stereocenters. The Morgan fingerprint density at radius 2 is 1.50 bits per heavy atom. The van der Waals surface area contributed by atoms with Crippen LogP contribution in [0.2, 0.25) is 5.02 Å². The van der Waals surface area contributed by atoms with E-state index in [9.17, 15) is 18.0 Å². The number of halogens is 1. The molecule has 4 aromatic carbocycles. The molecule has 0 bridgehead atoms. The third kappa shape index (κ3) is 7.98. The number of benzene rings is 4. The van der Waals surface area contributed by atoms with E-state index in [1.807, 2.05) is 68.4 Å². The van der Waals surface area contributed by atoms with Gasteiger partial charge in [0.05, 0.1) is 10.6 Å². The zero-order valence-electron chi connectivity index (χ0n) is 26.2. The lowest BCUT2D eigenvalue weighted by molar-refractivity contribution is -0.140. The molecule has 1 saturated carbocycles. The van der Waals surface area contributed by atoms with Gasteiger partial charge in [-0.1, -0.05) is 109 Å². The van der Waals surface area contributed by atoms with E-state index in [-0.39, 0.29) is 29.8 Å². The SMILES string of the molecule is Cc1ccc(N(CC(=O)N(Cc2ccccc2Cl)[C@@H](Cc2ccccc2)C(=O)NC2CCCC2)S(=O)(=O)c2ccccc2)c(C)c1. The molecule has 1 aliphatic rings. The number of aryl methyl sites for hydroxylation is 2. The van der Waals surface area contributed by atoms with E-state index in [4.69, 9.17) is 11.6 Å². The molecule has 0 saturated heterocycles. The number of nitrogens with zero attached hydrogens (tertiary/aromatic N) is 2. The molecule has 7 nitrogen and oxygen atoms in total. The maximum Gasteiger partial charge on any atom is 0.264 e. The second-order valence-electron chi connectivity index (χ2n) is 11.9. The molecule has 46 heavy (non-hydrogen) atoms. The van der Waals surface area contributed by atoms with Crippen LogP contribution in [0.4, 0.5) is 5.69 Å². The van der Waals surface area contributed by atoms with E-state index < -0.39 is 28.5 Å². The van der Waals surface area contributed by atoms with Gasteiger partial charge in [0.1, 0.15) is 12.6 Å². The van der Waals surface area contributed by atoms with E-state index in [0.717, 1.165) is 41.1 Å². The standard InChI is InChI=1S/C37H40ClN3O4S/c1-27-21-22-34(28(2)23-27)41(46(44,45)32-18-7-4-8-19-32)26-36(42)40(25-30-15-9-12-20-33(30)38)35(24-29-13-5-3-6-14-29)37(43)39-31-16-10-11-17-31/h3-9,12-15,18-23,31,35H,10-11,16-17,24-26H2,1-2H3,(H,39,43)/t35-/m0/s1. The Morgan fingerprint density at radius 3 is 2.15 bits per heavy atom. The van der Waals surface area contributed by atoms with Crippen LogP contribution in [0.5, 0.6) is 0 Å². The molecule has 4 aromatic rings. The van der Waals surface area contributed by atoms with Gasteiger partial charge in [-0.15, -0.1) is 0 Å². The maximum absolute atomic E-state index is 14.7. The van der Waals surface area contributed by atoms with Gasteiger partial charge in [-0.05, 0) is 67.6 Å². The Morgan fingerprint density at radius 1 is 0.870 bits per heavy atom. The molecule has 0 unspecified atom stereocenters. The first-order valence-electron chi connectivity index (χ1n) is 15.7. The average molecular weight is 658 g/mol. The topological polar surface area (TPSA) is 86.8 Å². The van der Waals surface area contributed by atoms with E-state index in [1.54, 1.807) is 36.4 Å². The minimum atomic E-state index is -4.16. The fraction of sp³-hybridized carbons (Fsp3) is 0.297. The molecule has 240 valence electrons. The average Bonchev–Trinajstić information content (AvgIpc) is 3.56. The van der Waals surface area contributed by atoms with Crippen LogP contribution in [0.3, 0.4) is 0 Å². The molecule has 0 spiro atoms. The lowest BCUT2D eigenvalue weighted by Crippen LogP contribution is -2.54. The number of anilines is 1. The summed E-state index contributed by atoms with van der Waals surface area (Å²) in [6, 6.07) is 29.4. The van der Waals surface area contributed by atoms with Crippen molar-refractivity contribution >= 4 is 39.1 Å². The van der Waals surface area contributed by atoms with Gasteiger partial charge in [-0.2, -0.15) is 0 Å². The number of amides is 2. The van der Waals surface area contributed by atoms with Crippen molar-refractivity contribution in [3.8, 4) is 0 Å². The summed E-state index contributed by atoms with van der Waals surface area (Å²) >= 11 is 6.60. The highest BCUT2D eigenvalue weighted by molar-refractivity contribution is 7.92. The van der Waals surface area contributed by atoms with E-state index in [2.05, 4.69) is 5.32 Å². The number of hydrogen-bond acceptors (Lipinski definition) is 4. The third-order valence-corrected chi connectivity index (χ3v) is 10.6. The molecule has 1 aliphatic carbocycles. The van der Waals surface area contributed by atoms with Crippen LogP contribution >= 0.6 is 11.6 Å². The molecular formula is C37H40ClN3O4S. The van der Waals surface area contributed by atoms with Gasteiger partial charge < -0.3 is 10.2 Å². The summed E-state index contributed by atoms with van der Waals surface area (Å²) in [6.07, 6.45) is 4.11. The van der Waals surface area contributed by atoms with Crippen LogP contribution < -0.4 is 9.62 Å². The van der Waals surface area contributed by atoms with Gasteiger partial charge in [0.2, 0.25) is 11.8 Å². The van der Waals surface area contributed by atoms with E-state index in [0.29, 0.717) is 21.8 Å². The maximum atomic E-state index is 14.7. The Labute approximate surface area is 277 Å². The summed E-state index contributed by atoms with van der Waals surface area (Å²) in [6.45, 7) is 3.28. The largest absolute Gasteiger partial charge is 0.352 e. The highest BCUT2D eigenvalue weighted by atomic mass is 35.5. The quantitative estimate of drug-likeness (QED) is 0.181. The Balaban J connectivity index is 1.59. The van der Waals surface area contributed by atoms with Gasteiger partial charge in [-0.3, -0.25) is 13.9 Å². The number of carbonyl (C=O) groups excluding carboxylic acids is 2. The molecule has 9 heteroatoms. The van der Waals surface area contributed by atoms with Crippen molar-refractivity contribution in [1.82, 2.24) is 10.2 Å². The molecular weight excluding hydrogens is 618 g/mol. The summed E-state index contributed by atoms with van der Waals surface area (Å²) in [5, 5.41) is 3.65. The number of rotatable bonds is 12. The zero-order valence-corrected chi connectivity index (χ0v) is 27.8. The smallest absolute Gasteiger partial charge is 0.264 e. The Kier molecular flexibility index (Phi) is 10.8. The molecule has 5 rings (SSSR count). The van der Waals surface area contributed by atoms with Gasteiger partial charge in [0.15, 0.2) is 0 Å². The predicted molar refractivity (Wildman–Crippen MR) is 183 cm³/mol. The van der Waals surface area contributed by atoms with Crippen molar-refractivity contribution < 1.29 is 18.0 Å². The molecule has 0 heterocycles. The summed E-state index contributed by atoms with van der Waals surface area (Å²) in [4.78, 5) is 30.4. The van der Waals surface area contributed by atoms with E-state index in [1.165, 1.54) is 17.0 Å². The Hall–Kier alpha value is -4.14. The van der Waals surface area contributed by atoms with Crippen molar-refractivity contribution in [2.75, 3.05) is 10.8 Å². The van der Waals surface area contributed by atoms with Crippen molar-refractivity contribution in [1.29, 1.82) is 0 Å². The molecule has 2 amide bonds. The van der Waals surface area contributed by atoms with Crippen LogP contribution in [0.25, 0.3) is 0 Å². The number of hydrogen-bond donors (Lipinski definition) is 1. The lowest BCUT2D eigenvalue weighted by Gasteiger charge is -2.35. The number of nitrogens with one attached hydrogen (secondary N) is 1. The molecule has 1 fully saturated rings. The first-order chi connectivity index (χ1) is 22.1. The minimum absolute atomic E-state index is 0.0280. The third-order valence-electron chi connectivity index (χ3n) is 8.50. The zero-order chi connectivity index (χ0) is 32.7. The summed E-state index contributed by atoms with van der Waals surface area (Å²) in [5.74, 6) is -0.776. The molecule has 0 aromatic heterocycles. The summed E-state index contributed by atoms with van der Waals surface area (Å²) < 4.78 is 29.6. The second-order valence-corrected chi connectivity index (χ2v) is 14.2. The summed E-state index contributed by atoms with van der Waals surface area (Å²) in [7, 11) is -4.16. The van der Waals surface area contributed by atoms with Crippen molar-refractivity contribution in [2.45, 2.75) is 69.5 Å². The van der Waals surface area contributed by atoms with Crippen LogP contribution in [-0.2, 0) is 32.6 Å². The van der Waals surface area contributed by atoms with Crippen molar-refractivity contribution in [3.63, 3.8) is 0 Å². The number of sulfonamides is 1. The molecule has 0 radical (unpaired) electrons. The van der Waals surface area contributed by atoms with Gasteiger partial charge in [0, 0.05) is 24.0 Å². The normalized spacial score (nSPS) is 14.1.